The van der Waals surface area contributed by atoms with E-state index in [-0.39, 0.29) is 6.61 Å². The number of benzene rings is 2. The number of amides is 1. The van der Waals surface area contributed by atoms with Gasteiger partial charge < -0.3 is 15.3 Å². The van der Waals surface area contributed by atoms with Gasteiger partial charge in [-0.05, 0) is 31.2 Å². The molecular weight excluding hydrogens is 292 g/mol. The van der Waals surface area contributed by atoms with Crippen LogP contribution in [-0.4, -0.2) is 37.0 Å². The van der Waals surface area contributed by atoms with Crippen molar-refractivity contribution in [2.45, 2.75) is 6.92 Å². The van der Waals surface area contributed by atoms with Crippen LogP contribution in [0.5, 0.6) is 0 Å². The zero-order valence-corrected chi connectivity index (χ0v) is 13.2. The van der Waals surface area contributed by atoms with Crippen LogP contribution in [-0.2, 0) is 4.79 Å². The summed E-state index contributed by atoms with van der Waals surface area (Å²) < 4.78 is 0. The van der Waals surface area contributed by atoms with E-state index < -0.39 is 11.7 Å². The molecule has 0 saturated heterocycles. The lowest BCUT2D eigenvalue weighted by Crippen LogP contribution is -2.23. The van der Waals surface area contributed by atoms with E-state index >= 15 is 0 Å². The van der Waals surface area contributed by atoms with Crippen molar-refractivity contribution in [1.29, 1.82) is 0 Å². The first-order valence-corrected chi connectivity index (χ1v) is 7.35. The first kappa shape index (κ1) is 16.7. The maximum atomic E-state index is 12.1. The number of nitrogens with one attached hydrogen (secondary N) is 1. The van der Waals surface area contributed by atoms with Crippen molar-refractivity contribution in [3.8, 4) is 0 Å². The molecule has 0 heterocycles. The highest BCUT2D eigenvalue weighted by molar-refractivity contribution is 6.46. The standard InChI is InChI=1S/C18H20N2O3/c1-13-3-5-14(6-4-13)17(22)18(23)19-15-7-9-16(10-8-15)20(2)11-12-21/h3-10,21H,11-12H2,1-2H3,(H,19,23). The molecule has 2 N–H and O–H groups in total. The number of carbonyl (C=O) groups excluding carboxylic acids is 2. The second-order valence-electron chi connectivity index (χ2n) is 5.34. The Kier molecular flexibility index (Phi) is 5.49. The Labute approximate surface area is 135 Å². The van der Waals surface area contributed by atoms with Gasteiger partial charge in [0, 0.05) is 30.5 Å². The molecule has 0 aliphatic rings. The molecular formula is C18H20N2O3. The van der Waals surface area contributed by atoms with Crippen molar-refractivity contribution < 1.29 is 14.7 Å². The van der Waals surface area contributed by atoms with Crippen molar-refractivity contribution in [2.24, 2.45) is 0 Å². The topological polar surface area (TPSA) is 69.6 Å². The SMILES string of the molecule is Cc1ccc(C(=O)C(=O)Nc2ccc(N(C)CCO)cc2)cc1. The summed E-state index contributed by atoms with van der Waals surface area (Å²) in [6, 6.07) is 14.0. The second kappa shape index (κ2) is 7.56. The van der Waals surface area contributed by atoms with Crippen LogP contribution in [0, 0.1) is 6.92 Å². The maximum absolute atomic E-state index is 12.1. The van der Waals surface area contributed by atoms with Crippen LogP contribution in [0.25, 0.3) is 0 Å². The van der Waals surface area contributed by atoms with E-state index in [4.69, 9.17) is 5.11 Å². The van der Waals surface area contributed by atoms with Gasteiger partial charge in [-0.25, -0.2) is 0 Å². The lowest BCUT2D eigenvalue weighted by atomic mass is 10.1. The van der Waals surface area contributed by atoms with Crippen LogP contribution in [0.4, 0.5) is 11.4 Å². The smallest absolute Gasteiger partial charge is 0.296 e. The molecule has 0 aromatic heterocycles. The van der Waals surface area contributed by atoms with Crippen LogP contribution in [0.15, 0.2) is 48.5 Å². The Balaban J connectivity index is 2.02. The van der Waals surface area contributed by atoms with Crippen molar-refractivity contribution in [3.63, 3.8) is 0 Å². The summed E-state index contributed by atoms with van der Waals surface area (Å²) in [7, 11) is 1.87. The summed E-state index contributed by atoms with van der Waals surface area (Å²) in [4.78, 5) is 26.0. The third-order valence-corrected chi connectivity index (χ3v) is 3.52. The fourth-order valence-corrected chi connectivity index (χ4v) is 2.10. The fraction of sp³-hybridized carbons (Fsp3) is 0.222. The van der Waals surface area contributed by atoms with E-state index in [1.165, 1.54) is 0 Å². The van der Waals surface area contributed by atoms with E-state index in [1.807, 2.05) is 31.0 Å². The van der Waals surface area contributed by atoms with Crippen molar-refractivity contribution >= 4 is 23.1 Å². The molecule has 0 spiro atoms. The number of hydrogen-bond donors (Lipinski definition) is 2. The molecule has 0 radical (unpaired) electrons. The molecule has 23 heavy (non-hydrogen) atoms. The predicted molar refractivity (Wildman–Crippen MR) is 90.9 cm³/mol. The molecule has 0 unspecified atom stereocenters. The quantitative estimate of drug-likeness (QED) is 0.634. The summed E-state index contributed by atoms with van der Waals surface area (Å²) in [6.45, 7) is 2.52. The first-order chi connectivity index (χ1) is 11.0. The van der Waals surface area contributed by atoms with Gasteiger partial charge in [-0.3, -0.25) is 9.59 Å². The van der Waals surface area contributed by atoms with Gasteiger partial charge in [0.2, 0.25) is 0 Å². The minimum absolute atomic E-state index is 0.0695. The number of ketones is 1. The van der Waals surface area contributed by atoms with Crippen LogP contribution in [0.1, 0.15) is 15.9 Å². The number of aryl methyl sites for hydroxylation is 1. The van der Waals surface area contributed by atoms with Gasteiger partial charge in [0.1, 0.15) is 0 Å². The number of aliphatic hydroxyl groups is 1. The summed E-state index contributed by atoms with van der Waals surface area (Å²) in [5.41, 5.74) is 2.87. The van der Waals surface area contributed by atoms with Crippen molar-refractivity contribution in [3.05, 3.63) is 59.7 Å². The molecule has 5 nitrogen and oxygen atoms in total. The number of nitrogens with zero attached hydrogens (tertiary/aromatic N) is 1. The van der Waals surface area contributed by atoms with Gasteiger partial charge in [0.25, 0.3) is 11.7 Å². The van der Waals surface area contributed by atoms with Crippen molar-refractivity contribution in [1.82, 2.24) is 0 Å². The molecule has 0 bridgehead atoms. The molecule has 2 aromatic rings. The number of aliphatic hydroxyl groups excluding tert-OH is 1. The molecule has 1 amide bonds. The molecule has 2 rings (SSSR count). The van der Waals surface area contributed by atoms with Gasteiger partial charge >= 0.3 is 0 Å². The molecule has 0 aliphatic carbocycles. The molecule has 0 saturated carbocycles. The van der Waals surface area contributed by atoms with Gasteiger partial charge in [-0.2, -0.15) is 0 Å². The summed E-state index contributed by atoms with van der Waals surface area (Å²) >= 11 is 0. The molecule has 2 aromatic carbocycles. The molecule has 0 fully saturated rings. The van der Waals surface area contributed by atoms with Gasteiger partial charge in [0.05, 0.1) is 6.61 Å². The van der Waals surface area contributed by atoms with Crippen LogP contribution in [0.2, 0.25) is 0 Å². The molecule has 120 valence electrons. The predicted octanol–water partition coefficient (Wildman–Crippen LogP) is 2.24. The summed E-state index contributed by atoms with van der Waals surface area (Å²) in [5, 5.41) is 11.5. The summed E-state index contributed by atoms with van der Waals surface area (Å²) in [6.07, 6.45) is 0. The number of hydrogen-bond acceptors (Lipinski definition) is 4. The van der Waals surface area contributed by atoms with Crippen LogP contribution in [0.3, 0.4) is 0 Å². The summed E-state index contributed by atoms with van der Waals surface area (Å²) in [5.74, 6) is -1.23. The highest BCUT2D eigenvalue weighted by atomic mass is 16.3. The Morgan fingerprint density at radius 2 is 1.65 bits per heavy atom. The van der Waals surface area contributed by atoms with Crippen LogP contribution < -0.4 is 10.2 Å². The minimum Gasteiger partial charge on any atom is -0.395 e. The fourth-order valence-electron chi connectivity index (χ4n) is 2.10. The highest BCUT2D eigenvalue weighted by Crippen LogP contribution is 2.17. The van der Waals surface area contributed by atoms with E-state index in [9.17, 15) is 9.59 Å². The third kappa shape index (κ3) is 4.40. The average molecular weight is 312 g/mol. The Morgan fingerprint density at radius 1 is 1.04 bits per heavy atom. The van der Waals surface area contributed by atoms with E-state index in [1.54, 1.807) is 36.4 Å². The van der Waals surface area contributed by atoms with Gasteiger partial charge in [0.15, 0.2) is 0 Å². The number of rotatable bonds is 6. The lowest BCUT2D eigenvalue weighted by Gasteiger charge is -2.18. The van der Waals surface area contributed by atoms with E-state index in [2.05, 4.69) is 5.32 Å². The van der Waals surface area contributed by atoms with Crippen LogP contribution >= 0.6 is 0 Å². The minimum atomic E-state index is -0.662. The Morgan fingerprint density at radius 3 is 2.22 bits per heavy atom. The molecule has 0 atom stereocenters. The third-order valence-electron chi connectivity index (χ3n) is 3.52. The first-order valence-electron chi connectivity index (χ1n) is 7.35. The number of likely N-dealkylation sites (N-methyl/N-ethyl adjacent to an activating group) is 1. The van der Waals surface area contributed by atoms with Gasteiger partial charge in [-0.15, -0.1) is 0 Å². The Hall–Kier alpha value is -2.66. The van der Waals surface area contributed by atoms with E-state index in [0.29, 0.717) is 17.8 Å². The monoisotopic (exact) mass is 312 g/mol. The average Bonchev–Trinajstić information content (AvgIpc) is 2.55. The van der Waals surface area contributed by atoms with Crippen molar-refractivity contribution in [2.75, 3.05) is 30.4 Å². The molecule has 0 aliphatic heterocycles. The van der Waals surface area contributed by atoms with E-state index in [0.717, 1.165) is 11.3 Å². The number of Topliss-reactive ketones (excluding diaryl/α,β-unsaturated/α-hetero) is 1. The maximum Gasteiger partial charge on any atom is 0.296 e. The number of carbonyl (C=O) groups is 2. The highest BCUT2D eigenvalue weighted by Gasteiger charge is 2.16. The second-order valence-corrected chi connectivity index (χ2v) is 5.34. The normalized spacial score (nSPS) is 10.2. The largest absolute Gasteiger partial charge is 0.395 e. The van der Waals surface area contributed by atoms with Gasteiger partial charge in [-0.1, -0.05) is 29.8 Å². The lowest BCUT2D eigenvalue weighted by molar-refractivity contribution is -0.112. The zero-order chi connectivity index (χ0) is 16.8. The zero-order valence-electron chi connectivity index (χ0n) is 13.2. The number of anilines is 2. The molecule has 5 heteroatoms. The Bertz CT molecular complexity index is 678.